The maximum atomic E-state index is 14.1. The zero-order chi connectivity index (χ0) is 18.0. The predicted octanol–water partition coefficient (Wildman–Crippen LogP) is 3.80. The molecule has 1 aromatic heterocycles. The third-order valence-corrected chi connectivity index (χ3v) is 3.78. The van der Waals surface area contributed by atoms with Gasteiger partial charge in [0.05, 0.1) is 37.5 Å². The molecule has 25 heavy (non-hydrogen) atoms. The second kappa shape index (κ2) is 6.90. The highest BCUT2D eigenvalue weighted by Crippen LogP contribution is 2.41. The summed E-state index contributed by atoms with van der Waals surface area (Å²) in [5, 5.41) is 13.7. The molecule has 3 aromatic rings. The lowest BCUT2D eigenvalue weighted by Gasteiger charge is -2.11. The summed E-state index contributed by atoms with van der Waals surface area (Å²) in [5.41, 5.74) is 0.857. The van der Waals surface area contributed by atoms with E-state index in [1.165, 1.54) is 14.2 Å². The Morgan fingerprint density at radius 2 is 1.88 bits per heavy atom. The minimum absolute atomic E-state index is 0.0422. The lowest BCUT2D eigenvalue weighted by molar-refractivity contribution is 0.281. The van der Waals surface area contributed by atoms with Crippen molar-refractivity contribution < 1.29 is 27.9 Å². The fourth-order valence-electron chi connectivity index (χ4n) is 2.62. The first-order valence-corrected chi connectivity index (χ1v) is 7.36. The lowest BCUT2D eigenvalue weighted by Crippen LogP contribution is -1.96. The Kier molecular flexibility index (Phi) is 4.67. The first-order chi connectivity index (χ1) is 12.1. The van der Waals surface area contributed by atoms with Crippen molar-refractivity contribution >= 4 is 0 Å². The molecule has 130 valence electrons. The molecule has 0 radical (unpaired) electrons. The van der Waals surface area contributed by atoms with Gasteiger partial charge in [-0.3, -0.25) is 0 Å². The monoisotopic (exact) mass is 347 g/mol. The van der Waals surface area contributed by atoms with Crippen LogP contribution in [0.1, 0.15) is 5.56 Å². The van der Waals surface area contributed by atoms with E-state index in [1.54, 1.807) is 18.2 Å². The van der Waals surface area contributed by atoms with Crippen LogP contribution in [0.5, 0.6) is 11.5 Å². The summed E-state index contributed by atoms with van der Waals surface area (Å²) in [7, 11) is 2.96. The number of aliphatic hydroxyl groups excluding tert-OH is 1. The van der Waals surface area contributed by atoms with Crippen molar-refractivity contribution in [1.29, 1.82) is 0 Å². The molecule has 2 aromatic carbocycles. The molecule has 0 aliphatic carbocycles. The maximum absolute atomic E-state index is 14.1. The average Bonchev–Trinajstić information content (AvgIpc) is 3.06. The Morgan fingerprint density at radius 1 is 1.08 bits per heavy atom. The van der Waals surface area contributed by atoms with Gasteiger partial charge in [-0.1, -0.05) is 11.2 Å². The number of para-hydroxylation sites is 1. The van der Waals surface area contributed by atoms with Gasteiger partial charge in [-0.15, -0.1) is 0 Å². The quantitative estimate of drug-likeness (QED) is 0.761. The fourth-order valence-corrected chi connectivity index (χ4v) is 2.62. The second-order valence-corrected chi connectivity index (χ2v) is 5.16. The van der Waals surface area contributed by atoms with E-state index in [0.717, 1.165) is 18.2 Å². The third-order valence-electron chi connectivity index (χ3n) is 3.78. The number of methoxy groups -OCH3 is 2. The van der Waals surface area contributed by atoms with Gasteiger partial charge in [-0.25, -0.2) is 8.78 Å². The zero-order valence-corrected chi connectivity index (χ0v) is 13.5. The molecule has 0 saturated carbocycles. The highest BCUT2D eigenvalue weighted by atomic mass is 19.1. The van der Waals surface area contributed by atoms with E-state index in [2.05, 4.69) is 5.16 Å². The normalized spacial score (nSPS) is 10.8. The first kappa shape index (κ1) is 16.9. The van der Waals surface area contributed by atoms with Gasteiger partial charge in [-0.05, 0) is 30.3 Å². The smallest absolute Gasteiger partial charge is 0.176 e. The van der Waals surface area contributed by atoms with Gasteiger partial charge in [-0.2, -0.15) is 0 Å². The van der Waals surface area contributed by atoms with E-state index in [9.17, 15) is 13.9 Å². The van der Waals surface area contributed by atoms with Crippen molar-refractivity contribution in [2.45, 2.75) is 6.61 Å². The van der Waals surface area contributed by atoms with Crippen LogP contribution < -0.4 is 9.47 Å². The standard InChI is InChI=1S/C18H15F2NO4/c1-23-15-5-3-4-11(18(15)24-2)16-13(9-22)17(25-21-16)12-8-10(19)6-7-14(12)20/h3-8,22H,9H2,1-2H3. The SMILES string of the molecule is COc1cccc(-c2noc(-c3cc(F)ccc3F)c2CO)c1OC. The molecule has 7 heteroatoms. The van der Waals surface area contributed by atoms with E-state index in [1.807, 2.05) is 0 Å². The van der Waals surface area contributed by atoms with Crippen molar-refractivity contribution in [3.63, 3.8) is 0 Å². The van der Waals surface area contributed by atoms with Gasteiger partial charge in [0, 0.05) is 0 Å². The van der Waals surface area contributed by atoms with Crippen LogP contribution in [0.3, 0.4) is 0 Å². The van der Waals surface area contributed by atoms with Gasteiger partial charge in [0.2, 0.25) is 0 Å². The van der Waals surface area contributed by atoms with Crippen LogP contribution in [0, 0.1) is 11.6 Å². The van der Waals surface area contributed by atoms with Gasteiger partial charge in [0.1, 0.15) is 17.3 Å². The minimum atomic E-state index is -0.684. The molecule has 0 saturated heterocycles. The number of ether oxygens (including phenoxy) is 2. The molecule has 0 bridgehead atoms. The van der Waals surface area contributed by atoms with Crippen molar-refractivity contribution in [1.82, 2.24) is 5.16 Å². The van der Waals surface area contributed by atoms with E-state index in [-0.39, 0.29) is 22.6 Å². The summed E-state index contributed by atoms with van der Waals surface area (Å²) in [6.45, 7) is -0.482. The molecule has 0 unspecified atom stereocenters. The Morgan fingerprint density at radius 3 is 2.56 bits per heavy atom. The summed E-state index contributed by atoms with van der Waals surface area (Å²) >= 11 is 0. The summed E-state index contributed by atoms with van der Waals surface area (Å²) in [5.74, 6) is -0.502. The average molecular weight is 347 g/mol. The maximum Gasteiger partial charge on any atom is 0.176 e. The number of halogens is 2. The molecule has 1 heterocycles. The van der Waals surface area contributed by atoms with Gasteiger partial charge in [0.25, 0.3) is 0 Å². The number of rotatable bonds is 5. The van der Waals surface area contributed by atoms with Crippen LogP contribution in [0.15, 0.2) is 40.9 Å². The van der Waals surface area contributed by atoms with Crippen LogP contribution in [-0.4, -0.2) is 24.5 Å². The Bertz CT molecular complexity index is 908. The predicted molar refractivity (Wildman–Crippen MR) is 86.3 cm³/mol. The summed E-state index contributed by atoms with van der Waals surface area (Å²) in [6.07, 6.45) is 0. The molecule has 0 fully saturated rings. The number of nitrogens with zero attached hydrogens (tertiary/aromatic N) is 1. The molecule has 0 aliphatic heterocycles. The molecule has 0 atom stereocenters. The van der Waals surface area contributed by atoms with Crippen molar-refractivity contribution in [2.75, 3.05) is 14.2 Å². The largest absolute Gasteiger partial charge is 0.493 e. The Labute approximate surface area is 142 Å². The van der Waals surface area contributed by atoms with Gasteiger partial charge >= 0.3 is 0 Å². The molecule has 1 N–H and O–H groups in total. The molecular formula is C18H15F2NO4. The third kappa shape index (κ3) is 2.94. The highest BCUT2D eigenvalue weighted by Gasteiger charge is 2.24. The van der Waals surface area contributed by atoms with Crippen LogP contribution in [0.2, 0.25) is 0 Å². The number of benzene rings is 2. The van der Waals surface area contributed by atoms with E-state index in [0.29, 0.717) is 17.1 Å². The van der Waals surface area contributed by atoms with Crippen molar-refractivity contribution in [3.8, 4) is 34.1 Å². The van der Waals surface area contributed by atoms with Crippen LogP contribution >= 0.6 is 0 Å². The Hall–Kier alpha value is -2.93. The highest BCUT2D eigenvalue weighted by molar-refractivity contribution is 5.78. The van der Waals surface area contributed by atoms with E-state index in [4.69, 9.17) is 14.0 Å². The van der Waals surface area contributed by atoms with Crippen molar-refractivity contribution in [2.24, 2.45) is 0 Å². The molecule has 5 nitrogen and oxygen atoms in total. The summed E-state index contributed by atoms with van der Waals surface area (Å²) < 4.78 is 43.4. The summed E-state index contributed by atoms with van der Waals surface area (Å²) in [6, 6.07) is 8.09. The molecule has 0 spiro atoms. The zero-order valence-electron chi connectivity index (χ0n) is 13.5. The number of hydrogen-bond donors (Lipinski definition) is 1. The van der Waals surface area contributed by atoms with Crippen LogP contribution in [-0.2, 0) is 6.61 Å². The Balaban J connectivity index is 2.21. The number of aromatic nitrogens is 1. The number of aliphatic hydroxyl groups is 1. The minimum Gasteiger partial charge on any atom is -0.493 e. The van der Waals surface area contributed by atoms with E-state index < -0.39 is 18.2 Å². The number of hydrogen-bond acceptors (Lipinski definition) is 5. The van der Waals surface area contributed by atoms with Gasteiger partial charge < -0.3 is 19.1 Å². The first-order valence-electron chi connectivity index (χ1n) is 7.36. The molecule has 0 aliphatic rings. The second-order valence-electron chi connectivity index (χ2n) is 5.16. The van der Waals surface area contributed by atoms with Crippen LogP contribution in [0.4, 0.5) is 8.78 Å². The van der Waals surface area contributed by atoms with E-state index >= 15 is 0 Å². The summed E-state index contributed by atoms with van der Waals surface area (Å²) in [4.78, 5) is 0. The molecule has 3 rings (SSSR count). The fraction of sp³-hybridized carbons (Fsp3) is 0.167. The lowest BCUT2D eigenvalue weighted by atomic mass is 10.0. The molecule has 0 amide bonds. The van der Waals surface area contributed by atoms with Crippen LogP contribution in [0.25, 0.3) is 22.6 Å². The topological polar surface area (TPSA) is 64.7 Å². The van der Waals surface area contributed by atoms with Gasteiger partial charge in [0.15, 0.2) is 17.3 Å². The van der Waals surface area contributed by atoms with Crippen molar-refractivity contribution in [3.05, 3.63) is 53.6 Å². The molecular weight excluding hydrogens is 332 g/mol.